The molecule has 1 saturated carbocycles. The number of carbonyl (C=O) groups excluding carboxylic acids is 1. The van der Waals surface area contributed by atoms with Gasteiger partial charge in [-0.05, 0) is 19.9 Å². The largest absolute Gasteiger partial charge is 0.370 e. The Morgan fingerprint density at radius 1 is 1.38 bits per heavy atom. The summed E-state index contributed by atoms with van der Waals surface area (Å²) in [5, 5.41) is 0. The maximum absolute atomic E-state index is 10.6. The van der Waals surface area contributed by atoms with Gasteiger partial charge in [0, 0.05) is 19.0 Å². The van der Waals surface area contributed by atoms with E-state index in [1.54, 1.807) is 0 Å². The lowest BCUT2D eigenvalue weighted by molar-refractivity contribution is -0.118. The van der Waals surface area contributed by atoms with Crippen LogP contribution in [0.4, 0.5) is 0 Å². The van der Waals surface area contributed by atoms with Crippen molar-refractivity contribution in [3.8, 4) is 0 Å². The molecule has 0 aliphatic heterocycles. The third kappa shape index (κ3) is 3.77. The number of nitrogens with two attached hydrogens (primary N) is 1. The van der Waals surface area contributed by atoms with Crippen LogP contribution >= 0.6 is 0 Å². The number of primary amides is 1. The molecule has 0 unspecified atom stereocenters. The summed E-state index contributed by atoms with van der Waals surface area (Å²) in [6.45, 7) is 0.819. The fourth-order valence-electron chi connectivity index (χ4n) is 1.99. The second kappa shape index (κ2) is 5.22. The van der Waals surface area contributed by atoms with Gasteiger partial charge < -0.3 is 10.6 Å². The van der Waals surface area contributed by atoms with Gasteiger partial charge in [-0.2, -0.15) is 0 Å². The molecule has 2 N–H and O–H groups in total. The predicted molar refractivity (Wildman–Crippen MR) is 53.3 cm³/mol. The maximum Gasteiger partial charge on any atom is 0.218 e. The van der Waals surface area contributed by atoms with E-state index in [4.69, 9.17) is 5.73 Å². The minimum Gasteiger partial charge on any atom is -0.370 e. The average Bonchev–Trinajstić information content (AvgIpc) is 2.15. The molecule has 13 heavy (non-hydrogen) atoms. The molecule has 1 amide bonds. The quantitative estimate of drug-likeness (QED) is 0.712. The van der Waals surface area contributed by atoms with Gasteiger partial charge in [-0.25, -0.2) is 0 Å². The Balaban J connectivity index is 2.20. The summed E-state index contributed by atoms with van der Waals surface area (Å²) in [6, 6.07) is 0.688. The van der Waals surface area contributed by atoms with Gasteiger partial charge in [0.05, 0.1) is 0 Å². The molecule has 1 fully saturated rings. The molecular weight excluding hydrogens is 164 g/mol. The minimum absolute atomic E-state index is 0.192. The standard InChI is InChI=1S/C10H20N2O/c1-12(8-7-10(11)13)9-5-3-2-4-6-9/h9H,2-8H2,1H3,(H2,11,13). The molecule has 0 radical (unpaired) electrons. The van der Waals surface area contributed by atoms with Crippen molar-refractivity contribution >= 4 is 5.91 Å². The molecule has 1 aliphatic rings. The first-order valence-electron chi connectivity index (χ1n) is 5.18. The van der Waals surface area contributed by atoms with Crippen LogP contribution < -0.4 is 5.73 Å². The van der Waals surface area contributed by atoms with Crippen LogP contribution in [0, 0.1) is 0 Å². The van der Waals surface area contributed by atoms with Crippen molar-refractivity contribution < 1.29 is 4.79 Å². The van der Waals surface area contributed by atoms with Crippen LogP contribution in [0.15, 0.2) is 0 Å². The number of amides is 1. The third-order valence-electron chi connectivity index (χ3n) is 2.91. The molecule has 1 aliphatic carbocycles. The van der Waals surface area contributed by atoms with Crippen LogP contribution in [-0.4, -0.2) is 30.4 Å². The molecular formula is C10H20N2O. The lowest BCUT2D eigenvalue weighted by Gasteiger charge is -2.30. The van der Waals surface area contributed by atoms with Crippen LogP contribution in [0.2, 0.25) is 0 Å². The first-order valence-corrected chi connectivity index (χ1v) is 5.18. The fraction of sp³-hybridized carbons (Fsp3) is 0.900. The SMILES string of the molecule is CN(CCC(N)=O)C1CCCCC1. The van der Waals surface area contributed by atoms with Gasteiger partial charge in [-0.15, -0.1) is 0 Å². The summed E-state index contributed by atoms with van der Waals surface area (Å²) >= 11 is 0. The highest BCUT2D eigenvalue weighted by molar-refractivity contribution is 5.73. The topological polar surface area (TPSA) is 46.3 Å². The summed E-state index contributed by atoms with van der Waals surface area (Å²) in [5.74, 6) is -0.192. The van der Waals surface area contributed by atoms with Crippen molar-refractivity contribution in [2.45, 2.75) is 44.6 Å². The lowest BCUT2D eigenvalue weighted by atomic mass is 9.94. The van der Waals surface area contributed by atoms with Crippen molar-refractivity contribution in [3.05, 3.63) is 0 Å². The van der Waals surface area contributed by atoms with Gasteiger partial charge in [0.2, 0.25) is 5.91 Å². The Morgan fingerprint density at radius 2 is 2.00 bits per heavy atom. The van der Waals surface area contributed by atoms with Crippen molar-refractivity contribution in [1.29, 1.82) is 0 Å². The highest BCUT2D eigenvalue weighted by Crippen LogP contribution is 2.21. The molecule has 76 valence electrons. The Labute approximate surface area is 80.3 Å². The summed E-state index contributed by atoms with van der Waals surface area (Å²) in [4.78, 5) is 12.9. The maximum atomic E-state index is 10.6. The highest BCUT2D eigenvalue weighted by Gasteiger charge is 2.17. The molecule has 0 aromatic rings. The molecule has 0 spiro atoms. The molecule has 3 heteroatoms. The Bertz CT molecular complexity index is 164. The lowest BCUT2D eigenvalue weighted by Crippen LogP contribution is -2.35. The van der Waals surface area contributed by atoms with Crippen LogP contribution in [0.1, 0.15) is 38.5 Å². The minimum atomic E-state index is -0.192. The van der Waals surface area contributed by atoms with E-state index in [2.05, 4.69) is 11.9 Å². The van der Waals surface area contributed by atoms with Gasteiger partial charge >= 0.3 is 0 Å². The van der Waals surface area contributed by atoms with E-state index in [1.807, 2.05) is 0 Å². The summed E-state index contributed by atoms with van der Waals surface area (Å²) in [6.07, 6.45) is 7.12. The number of carbonyl (C=O) groups is 1. The van der Waals surface area contributed by atoms with E-state index in [0.29, 0.717) is 12.5 Å². The Kier molecular flexibility index (Phi) is 4.22. The van der Waals surface area contributed by atoms with E-state index >= 15 is 0 Å². The molecule has 0 atom stereocenters. The fourth-order valence-corrected chi connectivity index (χ4v) is 1.99. The van der Waals surface area contributed by atoms with Crippen LogP contribution in [0.3, 0.4) is 0 Å². The predicted octanol–water partition coefficient (Wildman–Crippen LogP) is 1.13. The molecule has 0 aromatic carbocycles. The smallest absolute Gasteiger partial charge is 0.218 e. The van der Waals surface area contributed by atoms with Gasteiger partial charge in [0.25, 0.3) is 0 Å². The Morgan fingerprint density at radius 3 is 2.54 bits per heavy atom. The molecule has 0 aromatic heterocycles. The normalized spacial score (nSPS) is 19.2. The highest BCUT2D eigenvalue weighted by atomic mass is 16.1. The van der Waals surface area contributed by atoms with Gasteiger partial charge in [0.15, 0.2) is 0 Å². The van der Waals surface area contributed by atoms with Crippen molar-refractivity contribution in [2.24, 2.45) is 5.73 Å². The second-order valence-electron chi connectivity index (χ2n) is 3.99. The summed E-state index contributed by atoms with van der Waals surface area (Å²) in [5.41, 5.74) is 5.10. The van der Waals surface area contributed by atoms with E-state index < -0.39 is 0 Å². The van der Waals surface area contributed by atoms with E-state index in [1.165, 1.54) is 32.1 Å². The monoisotopic (exact) mass is 184 g/mol. The number of rotatable bonds is 4. The third-order valence-corrected chi connectivity index (χ3v) is 2.91. The zero-order valence-electron chi connectivity index (χ0n) is 8.46. The molecule has 0 heterocycles. The molecule has 1 rings (SSSR count). The number of hydrogen-bond acceptors (Lipinski definition) is 2. The van der Waals surface area contributed by atoms with Crippen LogP contribution in [0.25, 0.3) is 0 Å². The number of hydrogen-bond donors (Lipinski definition) is 1. The molecule has 0 saturated heterocycles. The second-order valence-corrected chi connectivity index (χ2v) is 3.99. The van der Waals surface area contributed by atoms with E-state index in [9.17, 15) is 4.79 Å². The van der Waals surface area contributed by atoms with Crippen molar-refractivity contribution in [1.82, 2.24) is 4.90 Å². The Hall–Kier alpha value is -0.570. The zero-order valence-corrected chi connectivity index (χ0v) is 8.46. The van der Waals surface area contributed by atoms with Crippen molar-refractivity contribution in [3.63, 3.8) is 0 Å². The van der Waals surface area contributed by atoms with Crippen LogP contribution in [-0.2, 0) is 4.79 Å². The van der Waals surface area contributed by atoms with Gasteiger partial charge in [-0.3, -0.25) is 4.79 Å². The van der Waals surface area contributed by atoms with Gasteiger partial charge in [0.1, 0.15) is 0 Å². The molecule has 0 bridgehead atoms. The molecule has 3 nitrogen and oxygen atoms in total. The average molecular weight is 184 g/mol. The first kappa shape index (κ1) is 10.5. The van der Waals surface area contributed by atoms with E-state index in [-0.39, 0.29) is 5.91 Å². The van der Waals surface area contributed by atoms with Crippen molar-refractivity contribution in [2.75, 3.05) is 13.6 Å². The summed E-state index contributed by atoms with van der Waals surface area (Å²) in [7, 11) is 2.10. The first-order chi connectivity index (χ1) is 6.20. The van der Waals surface area contributed by atoms with Gasteiger partial charge in [-0.1, -0.05) is 19.3 Å². The van der Waals surface area contributed by atoms with E-state index in [0.717, 1.165) is 6.54 Å². The van der Waals surface area contributed by atoms with Crippen LogP contribution in [0.5, 0.6) is 0 Å². The zero-order chi connectivity index (χ0) is 9.68. The summed E-state index contributed by atoms with van der Waals surface area (Å²) < 4.78 is 0. The number of nitrogens with zero attached hydrogens (tertiary/aromatic N) is 1.